The topological polar surface area (TPSA) is 35.2 Å². The lowest BCUT2D eigenvalue weighted by Gasteiger charge is -2.15. The summed E-state index contributed by atoms with van der Waals surface area (Å²) in [6, 6.07) is 14.2. The molecule has 0 aliphatic carbocycles. The van der Waals surface area contributed by atoms with E-state index >= 15 is 0 Å². The predicted molar refractivity (Wildman–Crippen MR) is 84.7 cm³/mol. The molecule has 104 valence electrons. The highest BCUT2D eigenvalue weighted by atomic mass is 35.5. The maximum atomic E-state index is 6.14. The fourth-order valence-electron chi connectivity index (χ4n) is 2.43. The molecule has 2 N–H and O–H groups in total. The van der Waals surface area contributed by atoms with Gasteiger partial charge in [0.2, 0.25) is 0 Å². The third kappa shape index (κ3) is 2.66. The van der Waals surface area contributed by atoms with Crippen LogP contribution in [0.15, 0.2) is 47.4 Å². The summed E-state index contributed by atoms with van der Waals surface area (Å²) in [5.41, 5.74) is 8.01. The molecular weight excluding hydrogens is 290 g/mol. The molecule has 1 atom stereocenters. The quantitative estimate of drug-likeness (QED) is 0.925. The molecular formula is C16H16ClNOS. The van der Waals surface area contributed by atoms with E-state index in [2.05, 4.69) is 24.3 Å². The molecule has 0 spiro atoms. The standard InChI is InChI=1S/C16H16ClNOS/c17-14-5-3-6-15(13(14)8-18)19-9-11-10-20-16-7-2-1-4-12(11)16/h1-7,11H,8-10,18H2. The maximum absolute atomic E-state index is 6.14. The smallest absolute Gasteiger partial charge is 0.125 e. The second kappa shape index (κ2) is 6.08. The van der Waals surface area contributed by atoms with Gasteiger partial charge in [0, 0.05) is 33.7 Å². The summed E-state index contributed by atoms with van der Waals surface area (Å²) in [5.74, 6) is 2.30. The molecule has 0 saturated carbocycles. The normalized spacial score (nSPS) is 17.0. The first-order valence-electron chi connectivity index (χ1n) is 6.61. The minimum atomic E-state index is 0.394. The number of hydrogen-bond donors (Lipinski definition) is 1. The molecule has 0 amide bonds. The summed E-state index contributed by atoms with van der Waals surface area (Å²) in [6.45, 7) is 1.06. The summed E-state index contributed by atoms with van der Waals surface area (Å²) in [4.78, 5) is 1.37. The number of hydrogen-bond acceptors (Lipinski definition) is 3. The number of halogens is 1. The Bertz CT molecular complexity index is 617. The molecule has 3 rings (SSSR count). The molecule has 1 aliphatic heterocycles. The Balaban J connectivity index is 1.74. The van der Waals surface area contributed by atoms with Crippen molar-refractivity contribution >= 4 is 23.4 Å². The highest BCUT2D eigenvalue weighted by Crippen LogP contribution is 2.39. The van der Waals surface area contributed by atoms with Crippen molar-refractivity contribution in [2.24, 2.45) is 5.73 Å². The molecule has 4 heteroatoms. The van der Waals surface area contributed by atoms with Crippen molar-refractivity contribution in [3.05, 3.63) is 58.6 Å². The number of thioether (sulfide) groups is 1. The van der Waals surface area contributed by atoms with Crippen LogP contribution in [0.4, 0.5) is 0 Å². The molecule has 0 bridgehead atoms. The van der Waals surface area contributed by atoms with Crippen molar-refractivity contribution < 1.29 is 4.74 Å². The average Bonchev–Trinajstić information content (AvgIpc) is 2.88. The Kier molecular flexibility index (Phi) is 4.20. The van der Waals surface area contributed by atoms with Gasteiger partial charge in [0.05, 0.1) is 6.61 Å². The third-order valence-corrected chi connectivity index (χ3v) is 5.12. The molecule has 0 aromatic heterocycles. The summed E-state index contributed by atoms with van der Waals surface area (Å²) < 4.78 is 5.97. The van der Waals surface area contributed by atoms with Gasteiger partial charge in [-0.3, -0.25) is 0 Å². The lowest BCUT2D eigenvalue weighted by molar-refractivity contribution is 0.295. The fraction of sp³-hybridized carbons (Fsp3) is 0.250. The summed E-state index contributed by atoms with van der Waals surface area (Å²) in [6.07, 6.45) is 0. The van der Waals surface area contributed by atoms with Crippen LogP contribution in [0.3, 0.4) is 0 Å². The van der Waals surface area contributed by atoms with Gasteiger partial charge in [-0.15, -0.1) is 11.8 Å². The Morgan fingerprint density at radius 1 is 1.20 bits per heavy atom. The highest BCUT2D eigenvalue weighted by molar-refractivity contribution is 7.99. The number of rotatable bonds is 4. The SMILES string of the molecule is NCc1c(Cl)cccc1OCC1CSc2ccccc21. The molecule has 20 heavy (non-hydrogen) atoms. The Hall–Kier alpha value is -1.16. The second-order valence-corrected chi connectivity index (χ2v) is 6.25. The van der Waals surface area contributed by atoms with Gasteiger partial charge in [-0.05, 0) is 23.8 Å². The first-order valence-corrected chi connectivity index (χ1v) is 7.98. The van der Waals surface area contributed by atoms with Crippen LogP contribution in [-0.4, -0.2) is 12.4 Å². The largest absolute Gasteiger partial charge is 0.493 e. The molecule has 1 unspecified atom stereocenters. The Morgan fingerprint density at radius 2 is 2.05 bits per heavy atom. The lowest BCUT2D eigenvalue weighted by Crippen LogP contribution is -2.11. The van der Waals surface area contributed by atoms with Gasteiger partial charge in [0.15, 0.2) is 0 Å². The van der Waals surface area contributed by atoms with Crippen LogP contribution in [0.5, 0.6) is 5.75 Å². The van der Waals surface area contributed by atoms with Gasteiger partial charge in [-0.25, -0.2) is 0 Å². The number of ether oxygens (including phenoxy) is 1. The minimum Gasteiger partial charge on any atom is -0.493 e. The first kappa shape index (κ1) is 13.8. The fourth-order valence-corrected chi connectivity index (χ4v) is 3.91. The minimum absolute atomic E-state index is 0.394. The summed E-state index contributed by atoms with van der Waals surface area (Å²) >= 11 is 8.04. The number of benzene rings is 2. The molecule has 1 heterocycles. The van der Waals surface area contributed by atoms with Crippen LogP contribution >= 0.6 is 23.4 Å². The molecule has 0 radical (unpaired) electrons. The van der Waals surface area contributed by atoms with Gasteiger partial charge in [0.25, 0.3) is 0 Å². The van der Waals surface area contributed by atoms with E-state index in [0.717, 1.165) is 17.1 Å². The van der Waals surface area contributed by atoms with Crippen molar-refractivity contribution in [2.45, 2.75) is 17.4 Å². The second-order valence-electron chi connectivity index (χ2n) is 4.78. The van der Waals surface area contributed by atoms with Gasteiger partial charge in [-0.2, -0.15) is 0 Å². The van der Waals surface area contributed by atoms with Crippen LogP contribution in [-0.2, 0) is 6.54 Å². The van der Waals surface area contributed by atoms with Crippen LogP contribution in [0, 0.1) is 0 Å². The van der Waals surface area contributed by atoms with Gasteiger partial charge >= 0.3 is 0 Å². The molecule has 2 aromatic rings. The van der Waals surface area contributed by atoms with E-state index in [1.54, 1.807) is 0 Å². The molecule has 0 fully saturated rings. The molecule has 2 nitrogen and oxygen atoms in total. The zero-order chi connectivity index (χ0) is 13.9. The van der Waals surface area contributed by atoms with Crippen LogP contribution in [0.25, 0.3) is 0 Å². The van der Waals surface area contributed by atoms with Crippen molar-refractivity contribution in [2.75, 3.05) is 12.4 Å². The van der Waals surface area contributed by atoms with E-state index < -0.39 is 0 Å². The van der Waals surface area contributed by atoms with E-state index in [0.29, 0.717) is 24.1 Å². The molecule has 1 aliphatic rings. The zero-order valence-electron chi connectivity index (χ0n) is 11.0. The van der Waals surface area contributed by atoms with E-state index in [1.807, 2.05) is 30.0 Å². The highest BCUT2D eigenvalue weighted by Gasteiger charge is 2.23. The average molecular weight is 306 g/mol. The Labute approximate surface area is 128 Å². The van der Waals surface area contributed by atoms with Gasteiger partial charge in [0.1, 0.15) is 5.75 Å². The first-order chi connectivity index (χ1) is 9.79. The van der Waals surface area contributed by atoms with Crippen LogP contribution in [0.2, 0.25) is 5.02 Å². The van der Waals surface area contributed by atoms with E-state index in [-0.39, 0.29) is 0 Å². The van der Waals surface area contributed by atoms with E-state index in [1.165, 1.54) is 10.5 Å². The van der Waals surface area contributed by atoms with E-state index in [4.69, 9.17) is 22.1 Å². The third-order valence-electron chi connectivity index (χ3n) is 3.52. The zero-order valence-corrected chi connectivity index (χ0v) is 12.6. The summed E-state index contributed by atoms with van der Waals surface area (Å²) in [7, 11) is 0. The monoisotopic (exact) mass is 305 g/mol. The van der Waals surface area contributed by atoms with Crippen molar-refractivity contribution in [3.63, 3.8) is 0 Å². The number of nitrogens with two attached hydrogens (primary N) is 1. The Morgan fingerprint density at radius 3 is 2.90 bits per heavy atom. The van der Waals surface area contributed by atoms with Gasteiger partial charge < -0.3 is 10.5 Å². The lowest BCUT2D eigenvalue weighted by atomic mass is 10.0. The maximum Gasteiger partial charge on any atom is 0.125 e. The van der Waals surface area contributed by atoms with Crippen molar-refractivity contribution in [3.8, 4) is 5.75 Å². The van der Waals surface area contributed by atoms with Crippen molar-refractivity contribution in [1.82, 2.24) is 0 Å². The van der Waals surface area contributed by atoms with Gasteiger partial charge in [-0.1, -0.05) is 35.9 Å². The van der Waals surface area contributed by atoms with Crippen molar-refractivity contribution in [1.29, 1.82) is 0 Å². The molecule has 0 saturated heterocycles. The van der Waals surface area contributed by atoms with Crippen LogP contribution < -0.4 is 10.5 Å². The number of fused-ring (bicyclic) bond motifs is 1. The van der Waals surface area contributed by atoms with Crippen LogP contribution in [0.1, 0.15) is 17.0 Å². The van der Waals surface area contributed by atoms with E-state index in [9.17, 15) is 0 Å². The summed E-state index contributed by atoms with van der Waals surface area (Å²) in [5, 5.41) is 0.672. The predicted octanol–water partition coefficient (Wildman–Crippen LogP) is 4.07. The molecule has 2 aromatic carbocycles.